The molecule has 2 rings (SSSR count). The number of thioether (sulfide) groups is 1. The molecular weight excluding hydrogens is 292 g/mol. The third-order valence-corrected chi connectivity index (χ3v) is 4.10. The van der Waals surface area contributed by atoms with Gasteiger partial charge in [0.2, 0.25) is 0 Å². The van der Waals surface area contributed by atoms with Crippen molar-refractivity contribution in [3.63, 3.8) is 0 Å². The van der Waals surface area contributed by atoms with Gasteiger partial charge in [-0.1, -0.05) is 48.2 Å². The van der Waals surface area contributed by atoms with Gasteiger partial charge in [-0.05, 0) is 43.5 Å². The van der Waals surface area contributed by atoms with E-state index in [1.54, 1.807) is 0 Å². The minimum Gasteiger partial charge on any atom is -0.492 e. The summed E-state index contributed by atoms with van der Waals surface area (Å²) in [7, 11) is 0. The number of rotatable bonds is 5. The summed E-state index contributed by atoms with van der Waals surface area (Å²) in [6.07, 6.45) is 0. The first-order valence-electron chi connectivity index (χ1n) is 7.29. The molecule has 4 heteroatoms. The summed E-state index contributed by atoms with van der Waals surface area (Å²) < 4.78 is 5.75. The van der Waals surface area contributed by atoms with Crippen molar-refractivity contribution >= 4 is 22.6 Å². The Labute approximate surface area is 136 Å². The van der Waals surface area contributed by atoms with Gasteiger partial charge in [-0.15, -0.1) is 0 Å². The van der Waals surface area contributed by atoms with E-state index in [4.69, 9.17) is 10.5 Å². The molecule has 0 fully saturated rings. The first-order chi connectivity index (χ1) is 10.6. The molecule has 0 atom stereocenters. The number of para-hydroxylation sites is 2. The quantitative estimate of drug-likeness (QED) is 0.506. The second kappa shape index (κ2) is 7.90. The van der Waals surface area contributed by atoms with Crippen LogP contribution in [0.15, 0.2) is 47.5 Å². The summed E-state index contributed by atoms with van der Waals surface area (Å²) in [5.41, 5.74) is 10.4. The summed E-state index contributed by atoms with van der Waals surface area (Å²) in [4.78, 5) is 4.52. The normalized spacial score (nSPS) is 11.5. The zero-order valence-electron chi connectivity index (χ0n) is 13.3. The maximum atomic E-state index is 6.01. The Morgan fingerprint density at radius 3 is 2.32 bits per heavy atom. The number of aryl methyl sites for hydroxylation is 3. The van der Waals surface area contributed by atoms with Crippen LogP contribution in [0.4, 0.5) is 5.69 Å². The van der Waals surface area contributed by atoms with Gasteiger partial charge < -0.3 is 10.5 Å². The van der Waals surface area contributed by atoms with Crippen molar-refractivity contribution in [3.05, 3.63) is 59.2 Å². The van der Waals surface area contributed by atoms with Crippen molar-refractivity contribution in [3.8, 4) is 5.75 Å². The second-order valence-electron chi connectivity index (χ2n) is 5.15. The fourth-order valence-electron chi connectivity index (χ4n) is 2.14. The standard InChI is InChI=1S/C18H22N2OS/c1-13-7-4-5-10-16(13)21-11-12-22-18(19)20-17-14(2)8-6-9-15(17)3/h4-10H,11-12H2,1-3H3,(H2,19,20). The van der Waals surface area contributed by atoms with Crippen LogP contribution in [0.1, 0.15) is 16.7 Å². The van der Waals surface area contributed by atoms with Crippen LogP contribution >= 0.6 is 11.8 Å². The topological polar surface area (TPSA) is 47.6 Å². The molecule has 22 heavy (non-hydrogen) atoms. The number of hydrogen-bond donors (Lipinski definition) is 1. The molecule has 2 aromatic rings. The number of ether oxygens (including phenoxy) is 1. The zero-order chi connectivity index (χ0) is 15.9. The van der Waals surface area contributed by atoms with E-state index in [0.717, 1.165) is 33.9 Å². The molecule has 0 spiro atoms. The molecule has 2 aromatic carbocycles. The van der Waals surface area contributed by atoms with Crippen molar-refractivity contribution in [2.24, 2.45) is 10.7 Å². The smallest absolute Gasteiger partial charge is 0.159 e. The minimum atomic E-state index is 0.575. The lowest BCUT2D eigenvalue weighted by atomic mass is 10.1. The Morgan fingerprint density at radius 2 is 1.64 bits per heavy atom. The summed E-state index contributed by atoms with van der Waals surface area (Å²) in [6.45, 7) is 6.74. The SMILES string of the molecule is Cc1ccccc1OCCSC(N)=Nc1c(C)cccc1C. The molecule has 0 saturated heterocycles. The monoisotopic (exact) mass is 314 g/mol. The molecule has 0 heterocycles. The summed E-state index contributed by atoms with van der Waals surface area (Å²) in [5, 5.41) is 0.575. The molecule has 3 nitrogen and oxygen atoms in total. The summed E-state index contributed by atoms with van der Waals surface area (Å²) in [5.74, 6) is 1.70. The van der Waals surface area contributed by atoms with Gasteiger partial charge in [-0.3, -0.25) is 0 Å². The molecular formula is C18H22N2OS. The first kappa shape index (κ1) is 16.4. The second-order valence-corrected chi connectivity index (χ2v) is 6.27. The highest BCUT2D eigenvalue weighted by atomic mass is 32.2. The number of aliphatic imine (C=N–C) groups is 1. The van der Waals surface area contributed by atoms with E-state index in [1.807, 2.05) is 63.2 Å². The summed E-state index contributed by atoms with van der Waals surface area (Å²) >= 11 is 1.52. The van der Waals surface area contributed by atoms with Gasteiger partial charge in [0.1, 0.15) is 5.75 Å². The van der Waals surface area contributed by atoms with Crippen LogP contribution in [-0.4, -0.2) is 17.5 Å². The molecule has 0 aliphatic heterocycles. The molecule has 0 unspecified atom stereocenters. The lowest BCUT2D eigenvalue weighted by Gasteiger charge is -2.09. The van der Waals surface area contributed by atoms with Crippen LogP contribution < -0.4 is 10.5 Å². The van der Waals surface area contributed by atoms with Gasteiger partial charge in [0.05, 0.1) is 12.3 Å². The molecule has 2 N–H and O–H groups in total. The average Bonchev–Trinajstić information content (AvgIpc) is 2.49. The zero-order valence-corrected chi connectivity index (χ0v) is 14.1. The van der Waals surface area contributed by atoms with Crippen LogP contribution in [0.2, 0.25) is 0 Å². The number of nitrogens with zero attached hydrogens (tertiary/aromatic N) is 1. The lowest BCUT2D eigenvalue weighted by molar-refractivity contribution is 0.342. The van der Waals surface area contributed by atoms with E-state index in [1.165, 1.54) is 11.8 Å². The van der Waals surface area contributed by atoms with Crippen LogP contribution in [0.25, 0.3) is 0 Å². The van der Waals surface area contributed by atoms with Crippen molar-refractivity contribution in [2.45, 2.75) is 20.8 Å². The maximum Gasteiger partial charge on any atom is 0.159 e. The van der Waals surface area contributed by atoms with Gasteiger partial charge in [0.15, 0.2) is 5.17 Å². The minimum absolute atomic E-state index is 0.575. The van der Waals surface area contributed by atoms with Crippen LogP contribution in [0.3, 0.4) is 0 Å². The van der Waals surface area contributed by atoms with Crippen molar-refractivity contribution in [2.75, 3.05) is 12.4 Å². The van der Waals surface area contributed by atoms with Crippen molar-refractivity contribution < 1.29 is 4.74 Å². The number of benzene rings is 2. The maximum absolute atomic E-state index is 6.01. The van der Waals surface area contributed by atoms with Gasteiger partial charge in [-0.25, -0.2) is 4.99 Å². The molecule has 0 aliphatic carbocycles. The Morgan fingerprint density at radius 1 is 1.00 bits per heavy atom. The van der Waals surface area contributed by atoms with E-state index in [-0.39, 0.29) is 0 Å². The number of nitrogens with two attached hydrogens (primary N) is 1. The van der Waals surface area contributed by atoms with Gasteiger partial charge in [0, 0.05) is 5.75 Å². The van der Waals surface area contributed by atoms with Crippen LogP contribution in [0, 0.1) is 20.8 Å². The van der Waals surface area contributed by atoms with Crippen molar-refractivity contribution in [1.29, 1.82) is 0 Å². The van der Waals surface area contributed by atoms with Crippen LogP contribution in [-0.2, 0) is 0 Å². The van der Waals surface area contributed by atoms with Gasteiger partial charge in [0.25, 0.3) is 0 Å². The predicted molar refractivity (Wildman–Crippen MR) is 96.3 cm³/mol. The van der Waals surface area contributed by atoms with E-state index < -0.39 is 0 Å². The average molecular weight is 314 g/mol. The molecule has 0 radical (unpaired) electrons. The third kappa shape index (κ3) is 4.53. The van der Waals surface area contributed by atoms with E-state index in [0.29, 0.717) is 11.8 Å². The molecule has 0 bridgehead atoms. The fraction of sp³-hybridized carbons (Fsp3) is 0.278. The highest BCUT2D eigenvalue weighted by Gasteiger charge is 2.03. The first-order valence-corrected chi connectivity index (χ1v) is 8.28. The summed E-state index contributed by atoms with van der Waals surface area (Å²) in [6, 6.07) is 14.1. The molecule has 0 aliphatic rings. The van der Waals surface area contributed by atoms with Crippen molar-refractivity contribution in [1.82, 2.24) is 0 Å². The molecule has 0 aromatic heterocycles. The van der Waals surface area contributed by atoms with Crippen LogP contribution in [0.5, 0.6) is 5.75 Å². The number of amidine groups is 1. The Kier molecular flexibility index (Phi) is 5.90. The predicted octanol–water partition coefficient (Wildman–Crippen LogP) is 4.37. The Bertz CT molecular complexity index is 648. The lowest BCUT2D eigenvalue weighted by Crippen LogP contribution is -2.10. The molecule has 0 amide bonds. The third-order valence-electron chi connectivity index (χ3n) is 3.35. The fourth-order valence-corrected chi connectivity index (χ4v) is 2.67. The van der Waals surface area contributed by atoms with Gasteiger partial charge in [-0.2, -0.15) is 0 Å². The molecule has 116 valence electrons. The Hall–Kier alpha value is -1.94. The van der Waals surface area contributed by atoms with E-state index in [2.05, 4.69) is 4.99 Å². The highest BCUT2D eigenvalue weighted by molar-refractivity contribution is 8.13. The van der Waals surface area contributed by atoms with E-state index in [9.17, 15) is 0 Å². The largest absolute Gasteiger partial charge is 0.492 e. The van der Waals surface area contributed by atoms with E-state index >= 15 is 0 Å². The highest BCUT2D eigenvalue weighted by Crippen LogP contribution is 2.24. The molecule has 0 saturated carbocycles. The van der Waals surface area contributed by atoms with Gasteiger partial charge >= 0.3 is 0 Å². The number of hydrogen-bond acceptors (Lipinski definition) is 3. The Balaban J connectivity index is 1.87.